The predicted molar refractivity (Wildman–Crippen MR) is 84.6 cm³/mol. The third-order valence-electron chi connectivity index (χ3n) is 3.10. The number of rotatable bonds is 12. The second kappa shape index (κ2) is 13.5. The maximum atomic E-state index is 11.4. The van der Waals surface area contributed by atoms with Crippen LogP contribution in [0.25, 0.3) is 0 Å². The van der Waals surface area contributed by atoms with Gasteiger partial charge in [-0.1, -0.05) is 0 Å². The van der Waals surface area contributed by atoms with E-state index in [1.165, 1.54) is 0 Å². The Morgan fingerprint density at radius 3 is 1.48 bits per heavy atom. The zero-order valence-electron chi connectivity index (χ0n) is 13.9. The first-order valence-corrected chi connectivity index (χ1v) is 10.9. The van der Waals surface area contributed by atoms with Crippen molar-refractivity contribution in [2.45, 2.75) is 79.1 Å². The summed E-state index contributed by atoms with van der Waals surface area (Å²) in [7, 11) is 0. The molecule has 0 aliphatic rings. The van der Waals surface area contributed by atoms with Crippen molar-refractivity contribution < 1.29 is 15.2 Å². The van der Waals surface area contributed by atoms with Crippen LogP contribution in [0, 0.1) is 11.8 Å². The van der Waals surface area contributed by atoms with E-state index in [0.717, 1.165) is 38.5 Å². The molecule has 0 spiro atoms. The second-order valence-electron chi connectivity index (χ2n) is 6.28. The first-order valence-electron chi connectivity index (χ1n) is 8.01. The maximum absolute atomic E-state index is 11.4. The summed E-state index contributed by atoms with van der Waals surface area (Å²) in [4.78, 5) is 22.9. The molecule has 0 bridgehead atoms. The molecule has 0 aromatic rings. The SMILES string of the molecule is CC(C)CCCCC(=O)[O][Bi][O]C(=O)CCCCC(C)C. The molecule has 0 saturated carbocycles. The molecule has 0 N–H and O–H groups in total. The number of hydrogen-bond acceptors (Lipinski definition) is 4. The van der Waals surface area contributed by atoms with Crippen LogP contribution in [0.2, 0.25) is 0 Å². The van der Waals surface area contributed by atoms with Crippen LogP contribution >= 0.6 is 0 Å². The fourth-order valence-electron chi connectivity index (χ4n) is 1.84. The molecule has 0 atom stereocenters. The Bertz CT molecular complexity index is 262. The summed E-state index contributed by atoms with van der Waals surface area (Å²) in [5, 5.41) is 0. The fourth-order valence-corrected chi connectivity index (χ4v) is 3.34. The van der Waals surface area contributed by atoms with E-state index in [9.17, 15) is 9.59 Å². The van der Waals surface area contributed by atoms with Crippen molar-refractivity contribution >= 4 is 36.1 Å². The van der Waals surface area contributed by atoms with Crippen LogP contribution in [0.4, 0.5) is 0 Å². The van der Waals surface area contributed by atoms with Gasteiger partial charge in [-0.15, -0.1) is 0 Å². The van der Waals surface area contributed by atoms with Gasteiger partial charge < -0.3 is 0 Å². The Morgan fingerprint density at radius 2 is 1.14 bits per heavy atom. The molecule has 21 heavy (non-hydrogen) atoms. The van der Waals surface area contributed by atoms with Crippen LogP contribution in [0.15, 0.2) is 0 Å². The summed E-state index contributed by atoms with van der Waals surface area (Å²) < 4.78 is 10.1. The van der Waals surface area contributed by atoms with Gasteiger partial charge in [0, 0.05) is 0 Å². The molecular weight excluding hydrogens is 465 g/mol. The van der Waals surface area contributed by atoms with Gasteiger partial charge in [0.2, 0.25) is 0 Å². The van der Waals surface area contributed by atoms with Gasteiger partial charge in [0.05, 0.1) is 0 Å². The third-order valence-corrected chi connectivity index (χ3v) is 5.27. The van der Waals surface area contributed by atoms with Crippen molar-refractivity contribution in [3.63, 3.8) is 0 Å². The zero-order valence-corrected chi connectivity index (χ0v) is 17.4. The fraction of sp³-hybridized carbons (Fsp3) is 0.875. The summed E-state index contributed by atoms with van der Waals surface area (Å²) in [5.74, 6) is 0.941. The Labute approximate surface area is 142 Å². The molecule has 0 aliphatic heterocycles. The van der Waals surface area contributed by atoms with Crippen molar-refractivity contribution in [2.75, 3.05) is 0 Å². The van der Waals surface area contributed by atoms with Crippen LogP contribution in [0.1, 0.15) is 79.1 Å². The van der Waals surface area contributed by atoms with E-state index in [2.05, 4.69) is 27.7 Å². The van der Waals surface area contributed by atoms with E-state index in [1.807, 2.05) is 0 Å². The van der Waals surface area contributed by atoms with Crippen LogP contribution in [0.3, 0.4) is 0 Å². The van der Waals surface area contributed by atoms with Crippen molar-refractivity contribution in [3.05, 3.63) is 0 Å². The third kappa shape index (κ3) is 16.0. The molecule has 0 saturated heterocycles. The molecule has 0 amide bonds. The summed E-state index contributed by atoms with van der Waals surface area (Å²) in [6.07, 6.45) is 7.00. The summed E-state index contributed by atoms with van der Waals surface area (Å²) in [5.41, 5.74) is 0. The quantitative estimate of drug-likeness (QED) is 0.303. The van der Waals surface area contributed by atoms with Gasteiger partial charge in [-0.05, 0) is 0 Å². The van der Waals surface area contributed by atoms with Crippen molar-refractivity contribution in [2.24, 2.45) is 11.8 Å². The Hall–Kier alpha value is -0.177. The van der Waals surface area contributed by atoms with Crippen molar-refractivity contribution in [1.29, 1.82) is 0 Å². The van der Waals surface area contributed by atoms with E-state index in [0.29, 0.717) is 24.7 Å². The number of unbranched alkanes of at least 4 members (excludes halogenated alkanes) is 2. The first kappa shape index (κ1) is 20.8. The number of hydrogen-bond donors (Lipinski definition) is 0. The molecule has 0 heterocycles. The van der Waals surface area contributed by atoms with E-state index in [-0.39, 0.29) is 11.9 Å². The molecule has 5 heteroatoms. The normalized spacial score (nSPS) is 11.0. The van der Waals surface area contributed by atoms with Gasteiger partial charge >= 0.3 is 142 Å². The molecule has 0 aromatic carbocycles. The summed E-state index contributed by atoms with van der Waals surface area (Å²) in [6, 6.07) is 0. The number of carbonyl (C=O) groups excluding carboxylic acids is 2. The van der Waals surface area contributed by atoms with Gasteiger partial charge in [0.25, 0.3) is 0 Å². The van der Waals surface area contributed by atoms with Crippen LogP contribution in [0.5, 0.6) is 0 Å². The van der Waals surface area contributed by atoms with Crippen LogP contribution < -0.4 is 0 Å². The van der Waals surface area contributed by atoms with Crippen LogP contribution in [-0.4, -0.2) is 36.1 Å². The van der Waals surface area contributed by atoms with Gasteiger partial charge in [0.15, 0.2) is 0 Å². The minimum atomic E-state index is -1.85. The second-order valence-corrected chi connectivity index (χ2v) is 8.28. The minimum absolute atomic E-state index is 0.206. The molecule has 1 radical (unpaired) electrons. The average molecular weight is 495 g/mol. The monoisotopic (exact) mass is 495 g/mol. The van der Waals surface area contributed by atoms with Gasteiger partial charge in [-0.2, -0.15) is 0 Å². The van der Waals surface area contributed by atoms with Gasteiger partial charge in [-0.3, -0.25) is 0 Å². The Balaban J connectivity index is 3.43. The standard InChI is InChI=1S/2C8H16O2.Bi/c2*1-7(2)5-3-4-6-8(9)10;/h2*7H,3-6H2,1-2H3,(H,9,10);/q;;+2/p-2. The average Bonchev–Trinajstić information content (AvgIpc) is 2.39. The van der Waals surface area contributed by atoms with E-state index in [1.54, 1.807) is 0 Å². The topological polar surface area (TPSA) is 52.6 Å². The van der Waals surface area contributed by atoms with E-state index >= 15 is 0 Å². The van der Waals surface area contributed by atoms with Gasteiger partial charge in [-0.25, -0.2) is 0 Å². The molecule has 0 rings (SSSR count). The summed E-state index contributed by atoms with van der Waals surface area (Å²) >= 11 is -1.85. The number of carbonyl (C=O) groups is 2. The molecular formula is C16H30BiO4. The van der Waals surface area contributed by atoms with Crippen molar-refractivity contribution in [1.82, 2.24) is 0 Å². The van der Waals surface area contributed by atoms with Crippen LogP contribution in [-0.2, 0) is 15.2 Å². The van der Waals surface area contributed by atoms with E-state index in [4.69, 9.17) is 5.63 Å². The first-order chi connectivity index (χ1) is 9.91. The molecule has 0 unspecified atom stereocenters. The Kier molecular flexibility index (Phi) is 13.4. The zero-order chi connectivity index (χ0) is 16.1. The van der Waals surface area contributed by atoms with Gasteiger partial charge in [0.1, 0.15) is 0 Å². The Morgan fingerprint density at radius 1 is 0.762 bits per heavy atom. The molecule has 0 aliphatic carbocycles. The van der Waals surface area contributed by atoms with E-state index < -0.39 is 24.1 Å². The summed E-state index contributed by atoms with van der Waals surface area (Å²) in [6.45, 7) is 8.70. The molecule has 0 aromatic heterocycles. The molecule has 4 nitrogen and oxygen atoms in total. The van der Waals surface area contributed by atoms with Crippen molar-refractivity contribution in [3.8, 4) is 0 Å². The molecule has 123 valence electrons. The molecule has 0 fully saturated rings. The predicted octanol–water partition coefficient (Wildman–Crippen LogP) is 4.04.